The predicted octanol–water partition coefficient (Wildman–Crippen LogP) is 5.38. The topological polar surface area (TPSA) is 12.0 Å². The fourth-order valence-corrected chi connectivity index (χ4v) is 7.51. The Morgan fingerprint density at radius 1 is 1.20 bits per heavy atom. The molecular weight excluding hydrogens is 330 g/mol. The number of hydrogen-bond donors (Lipinski definition) is 1. The van der Waals surface area contributed by atoms with Crippen molar-refractivity contribution in [3.05, 3.63) is 20.8 Å². The molecule has 0 saturated heterocycles. The van der Waals surface area contributed by atoms with E-state index in [1.807, 2.05) is 11.3 Å². The smallest absolute Gasteiger partial charge is 0.0342 e. The molecular formula is C17H24BrNS. The van der Waals surface area contributed by atoms with Crippen LogP contribution in [0.15, 0.2) is 15.2 Å². The lowest BCUT2D eigenvalue weighted by atomic mass is 9.48. The van der Waals surface area contributed by atoms with Crippen molar-refractivity contribution >= 4 is 27.3 Å². The minimum atomic E-state index is 0.534. The molecule has 1 aromatic rings. The van der Waals surface area contributed by atoms with Crippen LogP contribution in [0, 0.1) is 23.2 Å². The Hall–Kier alpha value is 0.140. The molecule has 1 heterocycles. The Bertz CT molecular complexity index is 460. The lowest BCUT2D eigenvalue weighted by Crippen LogP contribution is -2.47. The van der Waals surface area contributed by atoms with Crippen LogP contribution in [0.5, 0.6) is 0 Å². The van der Waals surface area contributed by atoms with Crippen molar-refractivity contribution < 1.29 is 0 Å². The van der Waals surface area contributed by atoms with E-state index in [2.05, 4.69) is 39.1 Å². The summed E-state index contributed by atoms with van der Waals surface area (Å²) in [5.41, 5.74) is 2.14. The van der Waals surface area contributed by atoms with E-state index >= 15 is 0 Å². The standard InChI is InChI=1S/C17H24BrNS/c1-19-16(14-9-20-10-15(14)18)8-17-5-11-2-12(6-17)4-13(3-11)7-17/h9-13,16,19H,2-8H2,1H3. The molecule has 1 atom stereocenters. The SMILES string of the molecule is CNC(CC12CC3CC(CC(C3)C1)C2)c1cscc1Br. The number of hydrogen-bond acceptors (Lipinski definition) is 2. The largest absolute Gasteiger partial charge is 0.313 e. The molecule has 20 heavy (non-hydrogen) atoms. The summed E-state index contributed by atoms with van der Waals surface area (Å²) in [5, 5.41) is 8.14. The number of thiophene rings is 1. The van der Waals surface area contributed by atoms with E-state index in [0.717, 1.165) is 17.8 Å². The first-order valence-corrected chi connectivity index (χ1v) is 9.80. The van der Waals surface area contributed by atoms with Gasteiger partial charge in [0.1, 0.15) is 0 Å². The molecule has 0 amide bonds. The molecule has 1 unspecified atom stereocenters. The first-order chi connectivity index (χ1) is 9.67. The van der Waals surface area contributed by atoms with E-state index in [4.69, 9.17) is 0 Å². The van der Waals surface area contributed by atoms with E-state index in [1.165, 1.54) is 35.7 Å². The molecule has 0 spiro atoms. The monoisotopic (exact) mass is 353 g/mol. The van der Waals surface area contributed by atoms with Crippen molar-refractivity contribution in [1.82, 2.24) is 5.32 Å². The number of nitrogens with one attached hydrogen (secondary N) is 1. The second kappa shape index (κ2) is 5.10. The Morgan fingerprint density at radius 3 is 2.25 bits per heavy atom. The zero-order chi connectivity index (χ0) is 13.7. The quantitative estimate of drug-likeness (QED) is 0.766. The summed E-state index contributed by atoms with van der Waals surface area (Å²) in [6, 6.07) is 0.534. The minimum absolute atomic E-state index is 0.534. The fourth-order valence-electron chi connectivity index (χ4n) is 5.88. The van der Waals surface area contributed by atoms with Crippen molar-refractivity contribution in [3.8, 4) is 0 Å². The molecule has 0 aromatic carbocycles. The van der Waals surface area contributed by atoms with Gasteiger partial charge in [0.15, 0.2) is 0 Å². The summed E-state index contributed by atoms with van der Waals surface area (Å²) in [6.45, 7) is 0. The van der Waals surface area contributed by atoms with Crippen LogP contribution in [0.25, 0.3) is 0 Å². The van der Waals surface area contributed by atoms with Gasteiger partial charge in [-0.25, -0.2) is 0 Å². The van der Waals surface area contributed by atoms with E-state index in [9.17, 15) is 0 Å². The molecule has 0 radical (unpaired) electrons. The Balaban J connectivity index is 1.57. The lowest BCUT2D eigenvalue weighted by Gasteiger charge is -2.57. The van der Waals surface area contributed by atoms with E-state index in [1.54, 1.807) is 19.3 Å². The highest BCUT2D eigenvalue weighted by Gasteiger charge is 2.51. The van der Waals surface area contributed by atoms with Gasteiger partial charge in [-0.05, 0) is 102 Å². The normalized spacial score (nSPS) is 40.2. The van der Waals surface area contributed by atoms with Gasteiger partial charge < -0.3 is 5.32 Å². The van der Waals surface area contributed by atoms with Gasteiger partial charge in [-0.15, -0.1) is 0 Å². The molecule has 0 aliphatic heterocycles. The average Bonchev–Trinajstić information content (AvgIpc) is 2.80. The maximum Gasteiger partial charge on any atom is 0.0342 e. The highest BCUT2D eigenvalue weighted by atomic mass is 79.9. The average molecular weight is 354 g/mol. The van der Waals surface area contributed by atoms with Crippen LogP contribution in [0.3, 0.4) is 0 Å². The van der Waals surface area contributed by atoms with Gasteiger partial charge in [-0.3, -0.25) is 0 Å². The fraction of sp³-hybridized carbons (Fsp3) is 0.765. The lowest BCUT2D eigenvalue weighted by molar-refractivity contribution is -0.0619. The third-order valence-corrected chi connectivity index (χ3v) is 7.92. The zero-order valence-electron chi connectivity index (χ0n) is 12.2. The van der Waals surface area contributed by atoms with Crippen LogP contribution in [0.1, 0.15) is 56.6 Å². The second-order valence-electron chi connectivity index (χ2n) is 7.64. The highest BCUT2D eigenvalue weighted by molar-refractivity contribution is 9.10. The van der Waals surface area contributed by atoms with Gasteiger partial charge in [0.25, 0.3) is 0 Å². The van der Waals surface area contributed by atoms with Crippen molar-refractivity contribution in [1.29, 1.82) is 0 Å². The number of rotatable bonds is 4. The third-order valence-electron chi connectivity index (χ3n) is 6.17. The third kappa shape index (κ3) is 2.30. The highest BCUT2D eigenvalue weighted by Crippen LogP contribution is 2.62. The minimum Gasteiger partial charge on any atom is -0.313 e. The van der Waals surface area contributed by atoms with Crippen LogP contribution in [0.2, 0.25) is 0 Å². The predicted molar refractivity (Wildman–Crippen MR) is 89.0 cm³/mol. The summed E-state index contributed by atoms with van der Waals surface area (Å²) >= 11 is 5.54. The van der Waals surface area contributed by atoms with Crippen LogP contribution >= 0.6 is 27.3 Å². The van der Waals surface area contributed by atoms with Gasteiger partial charge in [-0.2, -0.15) is 11.3 Å². The maximum atomic E-state index is 3.73. The van der Waals surface area contributed by atoms with E-state index in [-0.39, 0.29) is 0 Å². The van der Waals surface area contributed by atoms with Crippen molar-refractivity contribution in [2.45, 2.75) is 51.0 Å². The van der Waals surface area contributed by atoms with E-state index < -0.39 is 0 Å². The molecule has 3 heteroatoms. The van der Waals surface area contributed by atoms with Crippen LogP contribution < -0.4 is 5.32 Å². The second-order valence-corrected chi connectivity index (χ2v) is 9.24. The Labute approximate surface area is 134 Å². The zero-order valence-corrected chi connectivity index (χ0v) is 14.6. The van der Waals surface area contributed by atoms with Crippen molar-refractivity contribution in [2.24, 2.45) is 23.2 Å². The maximum absolute atomic E-state index is 3.73. The van der Waals surface area contributed by atoms with Crippen LogP contribution in [-0.4, -0.2) is 7.05 Å². The molecule has 1 N–H and O–H groups in total. The van der Waals surface area contributed by atoms with Gasteiger partial charge >= 0.3 is 0 Å². The molecule has 4 aliphatic rings. The summed E-state index contributed by atoms with van der Waals surface area (Å²) in [6.07, 6.45) is 10.5. The van der Waals surface area contributed by atoms with Gasteiger partial charge in [0.2, 0.25) is 0 Å². The van der Waals surface area contributed by atoms with Gasteiger partial charge in [-0.1, -0.05) is 0 Å². The molecule has 4 bridgehead atoms. The first-order valence-electron chi connectivity index (χ1n) is 8.06. The number of halogens is 1. The van der Waals surface area contributed by atoms with Crippen molar-refractivity contribution in [3.63, 3.8) is 0 Å². The summed E-state index contributed by atoms with van der Waals surface area (Å²) in [5.74, 6) is 3.18. The molecule has 4 fully saturated rings. The molecule has 4 aliphatic carbocycles. The first kappa shape index (κ1) is 13.8. The molecule has 4 saturated carbocycles. The molecule has 1 nitrogen and oxygen atoms in total. The molecule has 110 valence electrons. The van der Waals surface area contributed by atoms with Crippen molar-refractivity contribution in [2.75, 3.05) is 7.05 Å². The van der Waals surface area contributed by atoms with Crippen LogP contribution in [-0.2, 0) is 0 Å². The van der Waals surface area contributed by atoms with Gasteiger partial charge in [0, 0.05) is 15.9 Å². The summed E-state index contributed by atoms with van der Waals surface area (Å²) < 4.78 is 1.30. The molecule has 1 aromatic heterocycles. The Kier molecular flexibility index (Phi) is 3.51. The Morgan fingerprint density at radius 2 is 1.80 bits per heavy atom. The van der Waals surface area contributed by atoms with Crippen LogP contribution in [0.4, 0.5) is 0 Å². The summed E-state index contributed by atoms with van der Waals surface area (Å²) in [4.78, 5) is 0. The molecule has 5 rings (SSSR count). The summed E-state index contributed by atoms with van der Waals surface area (Å²) in [7, 11) is 2.13. The van der Waals surface area contributed by atoms with Gasteiger partial charge in [0.05, 0.1) is 0 Å². The van der Waals surface area contributed by atoms with E-state index in [0.29, 0.717) is 11.5 Å².